The second-order valence-electron chi connectivity index (χ2n) is 17.4. The number of carbonyl (C=O) groups excluding carboxylic acids is 2. The zero-order chi connectivity index (χ0) is 36.8. The fourth-order valence-corrected chi connectivity index (χ4v) is 11.3. The number of aryl methyl sites for hydroxylation is 2. The number of hydrogen-bond acceptors (Lipinski definition) is 5. The van der Waals surface area contributed by atoms with Crippen molar-refractivity contribution >= 4 is 11.9 Å². The van der Waals surface area contributed by atoms with E-state index in [-0.39, 0.29) is 34.6 Å². The largest absolute Gasteiger partial charge is 0.489 e. The van der Waals surface area contributed by atoms with Gasteiger partial charge in [0.05, 0.1) is 10.8 Å². The van der Waals surface area contributed by atoms with Crippen LogP contribution in [0.2, 0.25) is 0 Å². The van der Waals surface area contributed by atoms with Gasteiger partial charge in [-0.25, -0.2) is 0 Å². The van der Waals surface area contributed by atoms with Crippen LogP contribution in [0.5, 0.6) is 11.5 Å². The van der Waals surface area contributed by atoms with E-state index in [0.717, 1.165) is 86.8 Å². The number of hydrogen-bond donors (Lipinski definition) is 0. The summed E-state index contributed by atoms with van der Waals surface area (Å²) in [7, 11) is 0. The summed E-state index contributed by atoms with van der Waals surface area (Å²) in [6.45, 7) is 9.83. The number of benzene rings is 4. The van der Waals surface area contributed by atoms with Gasteiger partial charge in [-0.15, -0.1) is 0 Å². The average molecular weight is 711 g/mol. The lowest BCUT2D eigenvalue weighted by atomic mass is 9.49. The van der Waals surface area contributed by atoms with Crippen LogP contribution in [0.4, 0.5) is 0 Å². The van der Waals surface area contributed by atoms with Crippen LogP contribution in [-0.2, 0) is 51.2 Å². The molecule has 4 aliphatic rings. The summed E-state index contributed by atoms with van der Waals surface area (Å²) in [4.78, 5) is 29.1. The van der Waals surface area contributed by atoms with Crippen LogP contribution < -0.4 is 9.47 Å². The Morgan fingerprint density at radius 1 is 0.566 bits per heavy atom. The molecule has 0 radical (unpaired) electrons. The first kappa shape index (κ1) is 35.6. The molecule has 5 heteroatoms. The van der Waals surface area contributed by atoms with E-state index in [0.29, 0.717) is 13.2 Å². The summed E-state index contributed by atoms with van der Waals surface area (Å²) < 4.78 is 18.8. The summed E-state index contributed by atoms with van der Waals surface area (Å²) in [6, 6.07) is 33.5. The van der Waals surface area contributed by atoms with Crippen LogP contribution in [0.25, 0.3) is 0 Å². The quantitative estimate of drug-likeness (QED) is 0.135. The van der Waals surface area contributed by atoms with Crippen LogP contribution in [0, 0.1) is 22.7 Å². The van der Waals surface area contributed by atoms with Gasteiger partial charge in [-0.3, -0.25) is 9.59 Å². The maximum Gasteiger partial charge on any atom is 0.319 e. The molecule has 0 spiro atoms. The molecule has 53 heavy (non-hydrogen) atoms. The first-order chi connectivity index (χ1) is 25.5. The third-order valence-electron chi connectivity index (χ3n) is 14.3. The van der Waals surface area contributed by atoms with Crippen molar-refractivity contribution in [2.75, 3.05) is 0 Å². The van der Waals surface area contributed by atoms with Crippen LogP contribution in [-0.4, -0.2) is 11.9 Å². The highest BCUT2D eigenvalue weighted by molar-refractivity contribution is 5.92. The molecule has 4 aromatic rings. The molecule has 8 rings (SSSR count). The predicted molar refractivity (Wildman–Crippen MR) is 208 cm³/mol. The van der Waals surface area contributed by atoms with Gasteiger partial charge in [-0.2, -0.15) is 0 Å². The van der Waals surface area contributed by atoms with Gasteiger partial charge in [0.2, 0.25) is 0 Å². The predicted octanol–water partition coefficient (Wildman–Crippen LogP) is 10.6. The van der Waals surface area contributed by atoms with E-state index in [2.05, 4.69) is 88.4 Å². The topological polar surface area (TPSA) is 61.8 Å². The molecule has 0 amide bonds. The Morgan fingerprint density at radius 3 is 1.40 bits per heavy atom. The molecular formula is C48H54O5. The molecule has 2 fully saturated rings. The van der Waals surface area contributed by atoms with Gasteiger partial charge in [0.1, 0.15) is 24.7 Å². The maximum absolute atomic E-state index is 14.5. The van der Waals surface area contributed by atoms with Crippen molar-refractivity contribution in [1.82, 2.24) is 0 Å². The second-order valence-corrected chi connectivity index (χ2v) is 17.4. The summed E-state index contributed by atoms with van der Waals surface area (Å²) in [6.07, 6.45) is 8.88. The summed E-state index contributed by atoms with van der Waals surface area (Å²) in [5.41, 5.74) is 5.58. The van der Waals surface area contributed by atoms with Crippen molar-refractivity contribution in [1.29, 1.82) is 0 Å². The van der Waals surface area contributed by atoms with Gasteiger partial charge < -0.3 is 14.2 Å². The fraction of sp³-hybridized carbons (Fsp3) is 0.458. The van der Waals surface area contributed by atoms with Crippen molar-refractivity contribution < 1.29 is 23.8 Å². The Bertz CT molecular complexity index is 1840. The number of ether oxygens (including phenoxy) is 3. The van der Waals surface area contributed by atoms with E-state index in [9.17, 15) is 9.59 Å². The monoisotopic (exact) mass is 710 g/mol. The molecule has 2 saturated carbocycles. The molecule has 0 unspecified atom stereocenters. The number of esters is 2. The summed E-state index contributed by atoms with van der Waals surface area (Å²) >= 11 is 0. The van der Waals surface area contributed by atoms with Gasteiger partial charge in [0, 0.05) is 0 Å². The van der Waals surface area contributed by atoms with E-state index in [1.165, 1.54) is 22.3 Å². The minimum Gasteiger partial charge on any atom is -0.489 e. The van der Waals surface area contributed by atoms with Crippen molar-refractivity contribution in [3.63, 3.8) is 0 Å². The Kier molecular flexibility index (Phi) is 9.28. The van der Waals surface area contributed by atoms with Gasteiger partial charge in [-0.05, 0) is 146 Å². The van der Waals surface area contributed by atoms with Crippen LogP contribution in [0.15, 0.2) is 97.1 Å². The lowest BCUT2D eigenvalue weighted by Gasteiger charge is -2.55. The number of rotatable bonds is 8. The van der Waals surface area contributed by atoms with E-state index in [1.54, 1.807) is 0 Å². The zero-order valence-electron chi connectivity index (χ0n) is 31.9. The third-order valence-corrected chi connectivity index (χ3v) is 14.3. The first-order valence-corrected chi connectivity index (χ1v) is 19.9. The Hall–Kier alpha value is -4.38. The maximum atomic E-state index is 14.5. The van der Waals surface area contributed by atoms with Gasteiger partial charge >= 0.3 is 11.9 Å². The highest BCUT2D eigenvalue weighted by atomic mass is 16.6. The molecule has 6 atom stereocenters. The molecule has 0 heterocycles. The van der Waals surface area contributed by atoms with Crippen molar-refractivity contribution in [3.05, 3.63) is 130 Å². The minimum atomic E-state index is -0.750. The van der Waals surface area contributed by atoms with Crippen LogP contribution in [0.3, 0.4) is 0 Å². The highest BCUT2D eigenvalue weighted by Crippen LogP contribution is 2.60. The number of carbonyl (C=O) groups is 2. The first-order valence-electron chi connectivity index (χ1n) is 19.9. The molecule has 4 aliphatic carbocycles. The van der Waals surface area contributed by atoms with Crippen LogP contribution >= 0.6 is 0 Å². The molecule has 0 aliphatic heterocycles. The van der Waals surface area contributed by atoms with Crippen molar-refractivity contribution in [2.24, 2.45) is 22.7 Å². The van der Waals surface area contributed by atoms with E-state index in [1.807, 2.05) is 36.4 Å². The lowest BCUT2D eigenvalue weighted by molar-refractivity contribution is -0.184. The van der Waals surface area contributed by atoms with Gasteiger partial charge in [0.15, 0.2) is 0 Å². The smallest absolute Gasteiger partial charge is 0.319 e. The minimum absolute atomic E-state index is 0.0706. The molecular weight excluding hydrogens is 657 g/mol. The SMILES string of the molecule is C[C@@]1(C(=O)OC(=O)[C@]2(C)CCC[C@]3(C)c4cc(OCc5ccccc5)ccc4CC[C@@H]23)CCC[C@]2(C)c3cc(OCc4ccccc4)ccc3CC[C@@H]12. The Balaban J connectivity index is 1.00. The standard InChI is InChI=1S/C48H54O5/c1-45-25-11-27-47(3,41(45)23-19-35-17-21-37(29-39(35)45)51-31-33-13-7-5-8-14-33)43(49)53-44(50)48(4)28-12-26-46(2)40-30-38(22-18-36(40)20-24-42(46)48)52-32-34-15-9-6-10-16-34/h5-10,13-18,21-22,29-30,41-42H,11-12,19-20,23-28,31-32H2,1-4H3/t41-,42-,45-,46-,47-,48-/m1/s1. The van der Waals surface area contributed by atoms with E-state index < -0.39 is 10.8 Å². The highest BCUT2D eigenvalue weighted by Gasteiger charge is 2.59. The second kappa shape index (κ2) is 13.8. The zero-order valence-corrected chi connectivity index (χ0v) is 31.9. The van der Waals surface area contributed by atoms with Crippen LogP contribution in [0.1, 0.15) is 112 Å². The van der Waals surface area contributed by atoms with Gasteiger partial charge in [-0.1, -0.05) is 99.5 Å². The van der Waals surface area contributed by atoms with Gasteiger partial charge in [0.25, 0.3) is 0 Å². The van der Waals surface area contributed by atoms with Crippen molar-refractivity contribution in [2.45, 2.75) is 116 Å². The summed E-state index contributed by atoms with van der Waals surface area (Å²) in [5.74, 6) is 1.19. The fourth-order valence-electron chi connectivity index (χ4n) is 11.3. The average Bonchev–Trinajstić information content (AvgIpc) is 3.17. The van der Waals surface area contributed by atoms with E-state index in [4.69, 9.17) is 14.2 Å². The molecule has 0 aromatic heterocycles. The third kappa shape index (κ3) is 6.28. The summed E-state index contributed by atoms with van der Waals surface area (Å²) in [5, 5.41) is 0. The Labute approximate surface area is 315 Å². The van der Waals surface area contributed by atoms with E-state index >= 15 is 0 Å². The Morgan fingerprint density at radius 2 is 0.981 bits per heavy atom. The molecule has 4 aromatic carbocycles. The lowest BCUT2D eigenvalue weighted by Crippen LogP contribution is -2.56. The molecule has 0 saturated heterocycles. The van der Waals surface area contributed by atoms with Crippen molar-refractivity contribution in [3.8, 4) is 11.5 Å². The molecule has 0 N–H and O–H groups in total. The molecule has 276 valence electrons. The normalized spacial score (nSPS) is 30.1. The molecule has 0 bridgehead atoms. The molecule has 5 nitrogen and oxygen atoms in total. The number of fused-ring (bicyclic) bond motifs is 6.